The second-order valence-electron chi connectivity index (χ2n) is 4.79. The summed E-state index contributed by atoms with van der Waals surface area (Å²) in [5.74, 6) is -0.549. The van der Waals surface area contributed by atoms with Crippen molar-refractivity contribution < 1.29 is 14.3 Å². The summed E-state index contributed by atoms with van der Waals surface area (Å²) in [7, 11) is 0. The lowest BCUT2D eigenvalue weighted by Crippen LogP contribution is -2.32. The van der Waals surface area contributed by atoms with Gasteiger partial charge in [0.15, 0.2) is 0 Å². The maximum atomic E-state index is 12.0. The molecule has 6 heteroatoms. The lowest BCUT2D eigenvalue weighted by atomic mass is 10.1. The number of anilines is 1. The van der Waals surface area contributed by atoms with E-state index in [2.05, 4.69) is 10.6 Å². The second-order valence-corrected chi connectivity index (χ2v) is 6.02. The van der Waals surface area contributed by atoms with E-state index in [4.69, 9.17) is 4.74 Å². The molecule has 0 saturated carbocycles. The van der Waals surface area contributed by atoms with Gasteiger partial charge >= 0.3 is 5.97 Å². The van der Waals surface area contributed by atoms with Gasteiger partial charge in [0.05, 0.1) is 18.7 Å². The van der Waals surface area contributed by atoms with Gasteiger partial charge in [-0.1, -0.05) is 13.8 Å². The zero-order chi connectivity index (χ0) is 15.3. The Morgan fingerprint density at radius 1 is 1.30 bits per heavy atom. The summed E-state index contributed by atoms with van der Waals surface area (Å²) in [4.78, 5) is 24.8. The van der Waals surface area contributed by atoms with Gasteiger partial charge in [-0.05, 0) is 26.3 Å². The standard InChI is InChI=1S/C14H22N2O3S/c1-6-19-14(18)12-9(4)10(5)20-13(12)16-11(17)7-15-8(2)3/h8,15H,6-7H2,1-5H3,(H,16,17). The van der Waals surface area contributed by atoms with Crippen LogP contribution in [0.15, 0.2) is 0 Å². The van der Waals surface area contributed by atoms with Crippen LogP contribution in [0, 0.1) is 13.8 Å². The number of hydrogen-bond donors (Lipinski definition) is 2. The Kier molecular flexibility index (Phi) is 6.16. The van der Waals surface area contributed by atoms with E-state index in [1.54, 1.807) is 6.92 Å². The number of amides is 1. The molecule has 0 fully saturated rings. The van der Waals surface area contributed by atoms with Gasteiger partial charge in [-0.3, -0.25) is 4.79 Å². The lowest BCUT2D eigenvalue weighted by Gasteiger charge is -2.09. The van der Waals surface area contributed by atoms with E-state index in [0.717, 1.165) is 10.4 Å². The number of hydrogen-bond acceptors (Lipinski definition) is 5. The Bertz CT molecular complexity index is 495. The van der Waals surface area contributed by atoms with Crippen LogP contribution in [0.2, 0.25) is 0 Å². The third-order valence-electron chi connectivity index (χ3n) is 2.79. The van der Waals surface area contributed by atoms with Crippen molar-refractivity contribution in [2.24, 2.45) is 0 Å². The molecule has 0 saturated heterocycles. The Balaban J connectivity index is 2.87. The van der Waals surface area contributed by atoms with E-state index in [1.165, 1.54) is 11.3 Å². The quantitative estimate of drug-likeness (QED) is 0.792. The minimum absolute atomic E-state index is 0.162. The number of carbonyl (C=O) groups excluding carboxylic acids is 2. The largest absolute Gasteiger partial charge is 0.462 e. The zero-order valence-corrected chi connectivity index (χ0v) is 13.4. The van der Waals surface area contributed by atoms with Gasteiger partial charge in [0.25, 0.3) is 0 Å². The number of nitrogens with one attached hydrogen (secondary N) is 2. The van der Waals surface area contributed by atoms with E-state index in [-0.39, 0.29) is 24.5 Å². The molecule has 0 aromatic carbocycles. The van der Waals surface area contributed by atoms with Gasteiger partial charge in [0.1, 0.15) is 5.00 Å². The summed E-state index contributed by atoms with van der Waals surface area (Å²) in [6, 6.07) is 0.233. The molecule has 1 rings (SSSR count). The van der Waals surface area contributed by atoms with Crippen LogP contribution in [-0.2, 0) is 9.53 Å². The van der Waals surface area contributed by atoms with Gasteiger partial charge in [0, 0.05) is 10.9 Å². The fourth-order valence-electron chi connectivity index (χ4n) is 1.63. The van der Waals surface area contributed by atoms with E-state index < -0.39 is 0 Å². The molecular weight excluding hydrogens is 276 g/mol. The molecule has 0 spiro atoms. The maximum Gasteiger partial charge on any atom is 0.341 e. The van der Waals surface area contributed by atoms with Crippen molar-refractivity contribution in [3.05, 3.63) is 16.0 Å². The summed E-state index contributed by atoms with van der Waals surface area (Å²) in [5, 5.41) is 6.38. The number of esters is 1. The van der Waals surface area contributed by atoms with Crippen molar-refractivity contribution in [1.29, 1.82) is 0 Å². The van der Waals surface area contributed by atoms with Crippen LogP contribution in [0.25, 0.3) is 0 Å². The van der Waals surface area contributed by atoms with Crippen LogP contribution in [0.4, 0.5) is 5.00 Å². The second kappa shape index (κ2) is 7.40. The van der Waals surface area contributed by atoms with Crippen LogP contribution in [-0.4, -0.2) is 31.1 Å². The van der Waals surface area contributed by atoms with Gasteiger partial charge in [0.2, 0.25) is 5.91 Å². The van der Waals surface area contributed by atoms with Crippen molar-refractivity contribution in [2.75, 3.05) is 18.5 Å². The van der Waals surface area contributed by atoms with Crippen molar-refractivity contribution in [3.8, 4) is 0 Å². The molecule has 0 aliphatic heterocycles. The number of thiophene rings is 1. The molecule has 0 unspecified atom stereocenters. The highest BCUT2D eigenvalue weighted by Crippen LogP contribution is 2.32. The summed E-state index contributed by atoms with van der Waals surface area (Å²) >= 11 is 1.40. The molecular formula is C14H22N2O3S. The average molecular weight is 298 g/mol. The topological polar surface area (TPSA) is 67.4 Å². The molecule has 1 aromatic heterocycles. The molecule has 1 heterocycles. The van der Waals surface area contributed by atoms with Crippen LogP contribution < -0.4 is 10.6 Å². The minimum atomic E-state index is -0.388. The van der Waals surface area contributed by atoms with Crippen molar-refractivity contribution in [1.82, 2.24) is 5.32 Å². The molecule has 1 aromatic rings. The summed E-state index contributed by atoms with van der Waals surface area (Å²) in [6.45, 7) is 10.0. The molecule has 0 aliphatic carbocycles. The Hall–Kier alpha value is -1.40. The van der Waals surface area contributed by atoms with Gasteiger partial charge in [-0.2, -0.15) is 0 Å². The third kappa shape index (κ3) is 4.31. The lowest BCUT2D eigenvalue weighted by molar-refractivity contribution is -0.115. The molecule has 1 amide bonds. The SMILES string of the molecule is CCOC(=O)c1c(NC(=O)CNC(C)C)sc(C)c1C. The normalized spacial score (nSPS) is 10.7. The zero-order valence-electron chi connectivity index (χ0n) is 12.6. The Morgan fingerprint density at radius 3 is 2.50 bits per heavy atom. The highest BCUT2D eigenvalue weighted by atomic mass is 32.1. The third-order valence-corrected chi connectivity index (χ3v) is 3.91. The molecule has 112 valence electrons. The first-order valence-electron chi connectivity index (χ1n) is 6.67. The van der Waals surface area contributed by atoms with Gasteiger partial charge in [-0.15, -0.1) is 11.3 Å². The smallest absolute Gasteiger partial charge is 0.341 e. The van der Waals surface area contributed by atoms with E-state index in [9.17, 15) is 9.59 Å². The number of carbonyl (C=O) groups is 2. The number of rotatable bonds is 6. The fourth-order valence-corrected chi connectivity index (χ4v) is 2.70. The average Bonchev–Trinajstić information content (AvgIpc) is 2.62. The van der Waals surface area contributed by atoms with Crippen molar-refractivity contribution >= 4 is 28.2 Å². The molecule has 0 radical (unpaired) electrons. The van der Waals surface area contributed by atoms with Crippen LogP contribution in [0.3, 0.4) is 0 Å². The predicted molar refractivity (Wildman–Crippen MR) is 81.5 cm³/mol. The summed E-state index contributed by atoms with van der Waals surface area (Å²) in [6.07, 6.45) is 0. The highest BCUT2D eigenvalue weighted by molar-refractivity contribution is 7.16. The van der Waals surface area contributed by atoms with E-state index in [1.807, 2.05) is 27.7 Å². The monoisotopic (exact) mass is 298 g/mol. The molecule has 0 aliphatic rings. The van der Waals surface area contributed by atoms with Gasteiger partial charge in [-0.25, -0.2) is 4.79 Å². The van der Waals surface area contributed by atoms with Crippen molar-refractivity contribution in [3.63, 3.8) is 0 Å². The van der Waals surface area contributed by atoms with Crippen LogP contribution in [0.1, 0.15) is 41.6 Å². The highest BCUT2D eigenvalue weighted by Gasteiger charge is 2.21. The Morgan fingerprint density at radius 2 is 1.95 bits per heavy atom. The predicted octanol–water partition coefficient (Wildman–Crippen LogP) is 2.48. The van der Waals surface area contributed by atoms with Crippen molar-refractivity contribution in [2.45, 2.75) is 40.7 Å². The van der Waals surface area contributed by atoms with E-state index in [0.29, 0.717) is 17.2 Å². The molecule has 2 N–H and O–H groups in total. The maximum absolute atomic E-state index is 12.0. The number of ether oxygens (including phenoxy) is 1. The van der Waals surface area contributed by atoms with E-state index >= 15 is 0 Å². The Labute approximate surface area is 123 Å². The summed E-state index contributed by atoms with van der Waals surface area (Å²) < 4.78 is 5.04. The molecule has 20 heavy (non-hydrogen) atoms. The first-order chi connectivity index (χ1) is 9.36. The summed E-state index contributed by atoms with van der Waals surface area (Å²) in [5.41, 5.74) is 1.33. The van der Waals surface area contributed by atoms with Crippen LogP contribution >= 0.6 is 11.3 Å². The first kappa shape index (κ1) is 16.7. The first-order valence-corrected chi connectivity index (χ1v) is 7.48. The fraction of sp³-hybridized carbons (Fsp3) is 0.571. The molecule has 0 bridgehead atoms. The van der Waals surface area contributed by atoms with Crippen LogP contribution in [0.5, 0.6) is 0 Å². The molecule has 5 nitrogen and oxygen atoms in total. The number of aryl methyl sites for hydroxylation is 1. The van der Waals surface area contributed by atoms with Gasteiger partial charge < -0.3 is 15.4 Å². The molecule has 0 atom stereocenters. The minimum Gasteiger partial charge on any atom is -0.462 e.